The number of hydrogen-bond donors (Lipinski definition) is 0. The van der Waals surface area contributed by atoms with Crippen molar-refractivity contribution in [3.8, 4) is 11.1 Å². The van der Waals surface area contributed by atoms with Crippen molar-refractivity contribution in [3.63, 3.8) is 0 Å². The molecule has 0 fully saturated rings. The maximum Gasteiger partial charge on any atom is 0.0629 e. The van der Waals surface area contributed by atoms with E-state index in [4.69, 9.17) is 0 Å². The lowest BCUT2D eigenvalue weighted by Crippen LogP contribution is -2.17. The Morgan fingerprint density at radius 3 is 1.65 bits per heavy atom. The summed E-state index contributed by atoms with van der Waals surface area (Å²) < 4.78 is 18.5. The summed E-state index contributed by atoms with van der Waals surface area (Å²) in [4.78, 5) is 6.40. The molecule has 0 saturated heterocycles. The summed E-state index contributed by atoms with van der Waals surface area (Å²) in [7, 11) is 0. The summed E-state index contributed by atoms with van der Waals surface area (Å²) in [6.45, 7) is 13.6. The Kier molecular flexibility index (Phi) is 7.78. The number of benzene rings is 6. The van der Waals surface area contributed by atoms with Crippen molar-refractivity contribution in [3.05, 3.63) is 168 Å². The van der Waals surface area contributed by atoms with Crippen LogP contribution in [0.15, 0.2) is 146 Å². The highest BCUT2D eigenvalue weighted by Gasteiger charge is 2.27. The minimum Gasteiger partial charge on any atom is -0.310 e. The maximum absolute atomic E-state index is 9.29. The molecule has 0 radical (unpaired) electrons. The van der Waals surface area contributed by atoms with Crippen LogP contribution >= 0.6 is 0 Å². The number of hydrogen-bond acceptors (Lipinski definition) is 2. The van der Waals surface area contributed by atoms with Crippen molar-refractivity contribution in [1.82, 2.24) is 4.98 Å². The smallest absolute Gasteiger partial charge is 0.0629 e. The molecule has 0 aliphatic heterocycles. The van der Waals surface area contributed by atoms with Gasteiger partial charge in [0.2, 0.25) is 0 Å². The highest BCUT2D eigenvalue weighted by atomic mass is 15.1. The Bertz CT molecular complexity index is 2380. The van der Waals surface area contributed by atoms with Crippen LogP contribution in [-0.4, -0.2) is 4.98 Å². The molecule has 0 unspecified atom stereocenters. The van der Waals surface area contributed by atoms with E-state index in [0.29, 0.717) is 5.56 Å². The molecule has 242 valence electrons. The normalized spacial score (nSPS) is 13.2. The molecule has 49 heavy (non-hydrogen) atoms. The van der Waals surface area contributed by atoms with E-state index in [1.54, 1.807) is 0 Å². The van der Waals surface area contributed by atoms with Gasteiger partial charge in [-0.05, 0) is 120 Å². The molecule has 7 rings (SSSR count). The van der Waals surface area contributed by atoms with Crippen molar-refractivity contribution in [1.29, 1.82) is 0 Å². The van der Waals surface area contributed by atoms with Crippen molar-refractivity contribution in [2.45, 2.75) is 52.4 Å². The summed E-state index contributed by atoms with van der Waals surface area (Å²) in [5.74, 6) is 0. The van der Waals surface area contributed by atoms with Gasteiger partial charge in [0.15, 0.2) is 0 Å². The van der Waals surface area contributed by atoms with Crippen LogP contribution in [0.3, 0.4) is 0 Å². The van der Waals surface area contributed by atoms with E-state index < -0.39 is 0 Å². The molecule has 0 saturated carbocycles. The molecular formula is C47H44N2. The van der Waals surface area contributed by atoms with Crippen LogP contribution in [0.5, 0.6) is 0 Å². The lowest BCUT2D eigenvalue weighted by molar-refractivity contribution is 0.593. The molecule has 0 atom stereocenters. The fraction of sp³-hybridized carbons (Fsp3) is 0.170. The van der Waals surface area contributed by atoms with Gasteiger partial charge in [0.25, 0.3) is 0 Å². The largest absolute Gasteiger partial charge is 0.310 e. The van der Waals surface area contributed by atoms with Gasteiger partial charge in [-0.3, -0.25) is 4.98 Å². The van der Waals surface area contributed by atoms with Crippen LogP contribution < -0.4 is 4.90 Å². The number of para-hydroxylation sites is 1. The third-order valence-corrected chi connectivity index (χ3v) is 9.13. The predicted octanol–water partition coefficient (Wildman–Crippen LogP) is 13.3. The number of rotatable bonds is 6. The van der Waals surface area contributed by atoms with Crippen LogP contribution in [-0.2, 0) is 10.8 Å². The Balaban J connectivity index is 1.31. The van der Waals surface area contributed by atoms with E-state index >= 15 is 0 Å². The Morgan fingerprint density at radius 2 is 1.00 bits per heavy atom. The molecule has 0 aliphatic carbocycles. The van der Waals surface area contributed by atoms with Gasteiger partial charge in [-0.1, -0.05) is 133 Å². The van der Waals surface area contributed by atoms with E-state index in [2.05, 4.69) is 124 Å². The SMILES string of the molecule is [2H]/C(=C(/[2H])c1ccc2c(C(C)(C)C)c3ccccc3c(C(C)(C)C)c2c1)c1ccc(N(c2ccccc2)c2cccc(-c3ccncc3)c2)cc1. The first kappa shape index (κ1) is 29.7. The number of anilines is 3. The molecule has 2 heteroatoms. The van der Waals surface area contributed by atoms with Crippen LogP contribution in [0, 0.1) is 0 Å². The molecule has 1 aromatic heterocycles. The standard InChI is InChI=1S/C47H44N2/c1-46(2,3)44-40-17-10-11-18-41(40)45(47(4,5)6)43-31-34(23-26-42(43)44)20-19-33-21-24-38(25-22-33)49(37-14-8-7-9-15-37)39-16-12-13-36(32-39)35-27-29-48-30-28-35/h7-32H,1-6H3/b20-19+/i19D,20D. The third kappa shape index (κ3) is 6.52. The Morgan fingerprint density at radius 1 is 0.469 bits per heavy atom. The Labute approximate surface area is 294 Å². The average Bonchev–Trinajstić information content (AvgIpc) is 3.13. The zero-order valence-electron chi connectivity index (χ0n) is 31.3. The van der Waals surface area contributed by atoms with Gasteiger partial charge in [-0.25, -0.2) is 0 Å². The van der Waals surface area contributed by atoms with Crippen LogP contribution in [0.2, 0.25) is 0 Å². The molecular weight excluding hydrogens is 593 g/mol. The molecule has 0 aliphatic rings. The summed E-state index contributed by atoms with van der Waals surface area (Å²) in [5, 5.41) is 4.91. The predicted molar refractivity (Wildman–Crippen MR) is 212 cm³/mol. The molecule has 0 bridgehead atoms. The molecule has 2 nitrogen and oxygen atoms in total. The minimum atomic E-state index is -0.124. The molecule has 6 aromatic carbocycles. The quantitative estimate of drug-likeness (QED) is 0.133. The number of pyridine rings is 1. The first-order chi connectivity index (χ1) is 24.4. The van der Waals surface area contributed by atoms with Gasteiger partial charge in [-0.2, -0.15) is 0 Å². The van der Waals surface area contributed by atoms with Crippen molar-refractivity contribution >= 4 is 50.7 Å². The van der Waals surface area contributed by atoms with E-state index in [-0.39, 0.29) is 22.9 Å². The second kappa shape index (κ2) is 12.9. The zero-order valence-corrected chi connectivity index (χ0v) is 29.3. The van der Waals surface area contributed by atoms with E-state index in [1.807, 2.05) is 73.1 Å². The summed E-state index contributed by atoms with van der Waals surface area (Å²) >= 11 is 0. The molecule has 1 heterocycles. The highest BCUT2D eigenvalue weighted by Crippen LogP contribution is 2.44. The third-order valence-electron chi connectivity index (χ3n) is 9.13. The molecule has 7 aromatic rings. The molecule has 0 N–H and O–H groups in total. The monoisotopic (exact) mass is 638 g/mol. The van der Waals surface area contributed by atoms with Crippen LogP contribution in [0.25, 0.3) is 44.8 Å². The number of nitrogens with zero attached hydrogens (tertiary/aromatic N) is 2. The van der Waals surface area contributed by atoms with Gasteiger partial charge < -0.3 is 4.90 Å². The van der Waals surface area contributed by atoms with E-state index in [9.17, 15) is 2.74 Å². The lowest BCUT2D eigenvalue weighted by atomic mass is 9.74. The van der Waals surface area contributed by atoms with Gasteiger partial charge >= 0.3 is 0 Å². The van der Waals surface area contributed by atoms with Gasteiger partial charge in [0.05, 0.1) is 2.74 Å². The maximum atomic E-state index is 9.29. The van der Waals surface area contributed by atoms with Gasteiger partial charge in [0.1, 0.15) is 0 Å². The summed E-state index contributed by atoms with van der Waals surface area (Å²) in [5.41, 5.74) is 9.09. The fourth-order valence-corrected chi connectivity index (χ4v) is 7.10. The average molecular weight is 639 g/mol. The fourth-order valence-electron chi connectivity index (χ4n) is 7.10. The number of fused-ring (bicyclic) bond motifs is 2. The topological polar surface area (TPSA) is 16.1 Å². The van der Waals surface area contributed by atoms with Gasteiger partial charge in [-0.15, -0.1) is 0 Å². The van der Waals surface area contributed by atoms with Crippen LogP contribution in [0.4, 0.5) is 17.1 Å². The zero-order chi connectivity index (χ0) is 35.9. The van der Waals surface area contributed by atoms with Crippen LogP contribution in [0.1, 0.15) is 66.5 Å². The summed E-state index contributed by atoms with van der Waals surface area (Å²) in [6, 6.07) is 46.3. The highest BCUT2D eigenvalue weighted by molar-refractivity contribution is 6.08. The Hall–Kier alpha value is -5.47. The summed E-state index contributed by atoms with van der Waals surface area (Å²) in [6.07, 6.45) is 3.63. The molecule has 0 amide bonds. The lowest BCUT2D eigenvalue weighted by Gasteiger charge is -2.30. The van der Waals surface area contributed by atoms with E-state index in [1.165, 1.54) is 27.3 Å². The van der Waals surface area contributed by atoms with Crippen molar-refractivity contribution in [2.75, 3.05) is 4.90 Å². The van der Waals surface area contributed by atoms with E-state index in [0.717, 1.165) is 39.1 Å². The first-order valence-corrected chi connectivity index (χ1v) is 17.1. The first-order valence-electron chi connectivity index (χ1n) is 18.1. The van der Waals surface area contributed by atoms with Crippen molar-refractivity contribution < 1.29 is 2.74 Å². The second-order valence-corrected chi connectivity index (χ2v) is 14.8. The minimum absolute atomic E-state index is 0.0777. The second-order valence-electron chi connectivity index (χ2n) is 14.8. The van der Waals surface area contributed by atoms with Crippen molar-refractivity contribution in [2.24, 2.45) is 0 Å². The molecule has 0 spiro atoms. The number of aromatic nitrogens is 1. The van der Waals surface area contributed by atoms with Gasteiger partial charge in [0, 0.05) is 29.5 Å².